The highest BCUT2D eigenvalue weighted by Crippen LogP contribution is 2.23. The molecule has 0 radical (unpaired) electrons. The number of hydrogen-bond donors (Lipinski definition) is 1. The van der Waals surface area contributed by atoms with Crippen molar-refractivity contribution in [1.29, 1.82) is 0 Å². The summed E-state index contributed by atoms with van der Waals surface area (Å²) >= 11 is 0. The second-order valence-electron chi connectivity index (χ2n) is 4.86. The number of rotatable bonds is 6. The van der Waals surface area contributed by atoms with Crippen LogP contribution in [0.2, 0.25) is 0 Å². The lowest BCUT2D eigenvalue weighted by atomic mass is 10.0. The molecular formula is C16H21NO2. The fourth-order valence-corrected chi connectivity index (χ4v) is 2.09. The second kappa shape index (κ2) is 6.43. The predicted octanol–water partition coefficient (Wildman–Crippen LogP) is 3.57. The average Bonchev–Trinajstić information content (AvgIpc) is 2.88. The number of likely N-dealkylation sites (N-methyl/N-ethyl adjacent to an activating group) is 1. The van der Waals surface area contributed by atoms with Crippen LogP contribution >= 0.6 is 0 Å². The van der Waals surface area contributed by atoms with Gasteiger partial charge in [0.1, 0.15) is 11.5 Å². The van der Waals surface area contributed by atoms with E-state index in [-0.39, 0.29) is 12.1 Å². The van der Waals surface area contributed by atoms with Gasteiger partial charge in [-0.2, -0.15) is 0 Å². The zero-order chi connectivity index (χ0) is 13.7. The molecule has 0 aliphatic carbocycles. The van der Waals surface area contributed by atoms with Crippen molar-refractivity contribution in [3.8, 4) is 5.75 Å². The molecule has 1 aromatic carbocycles. The van der Waals surface area contributed by atoms with Crippen LogP contribution in [0.3, 0.4) is 0 Å². The van der Waals surface area contributed by atoms with Crippen LogP contribution in [-0.4, -0.2) is 13.2 Å². The van der Waals surface area contributed by atoms with E-state index in [0.717, 1.165) is 17.9 Å². The first-order valence-corrected chi connectivity index (χ1v) is 6.65. The van der Waals surface area contributed by atoms with E-state index in [2.05, 4.69) is 17.4 Å². The highest BCUT2D eigenvalue weighted by Gasteiger charge is 2.12. The lowest BCUT2D eigenvalue weighted by Crippen LogP contribution is -2.18. The van der Waals surface area contributed by atoms with Gasteiger partial charge in [-0.25, -0.2) is 0 Å². The fourth-order valence-electron chi connectivity index (χ4n) is 2.09. The fraction of sp³-hybridized carbons (Fsp3) is 0.375. The third kappa shape index (κ3) is 3.86. The lowest BCUT2D eigenvalue weighted by Gasteiger charge is -2.17. The molecular weight excluding hydrogens is 238 g/mol. The van der Waals surface area contributed by atoms with E-state index in [1.54, 1.807) is 6.26 Å². The summed E-state index contributed by atoms with van der Waals surface area (Å²) in [7, 11) is 1.96. The first-order valence-electron chi connectivity index (χ1n) is 6.65. The number of ether oxygens (including phenoxy) is 1. The quantitative estimate of drug-likeness (QED) is 0.861. The lowest BCUT2D eigenvalue weighted by molar-refractivity contribution is 0.242. The van der Waals surface area contributed by atoms with E-state index in [4.69, 9.17) is 9.15 Å². The maximum atomic E-state index is 5.73. The summed E-state index contributed by atoms with van der Waals surface area (Å²) in [4.78, 5) is 0. The maximum Gasteiger partial charge on any atom is 0.120 e. The minimum Gasteiger partial charge on any atom is -0.491 e. The molecule has 1 heterocycles. The number of benzene rings is 1. The molecule has 0 saturated heterocycles. The van der Waals surface area contributed by atoms with Crippen molar-refractivity contribution in [1.82, 2.24) is 5.32 Å². The van der Waals surface area contributed by atoms with Gasteiger partial charge in [0, 0.05) is 12.5 Å². The zero-order valence-electron chi connectivity index (χ0n) is 11.7. The molecule has 19 heavy (non-hydrogen) atoms. The summed E-state index contributed by atoms with van der Waals surface area (Å²) in [6, 6.07) is 12.4. The Morgan fingerprint density at radius 3 is 2.68 bits per heavy atom. The minimum absolute atomic E-state index is 0.188. The second-order valence-corrected chi connectivity index (χ2v) is 4.86. The van der Waals surface area contributed by atoms with Crippen LogP contribution in [0.5, 0.6) is 5.75 Å². The van der Waals surface area contributed by atoms with Gasteiger partial charge in [-0.15, -0.1) is 0 Å². The molecule has 1 N–H and O–H groups in total. The Bertz CT molecular complexity index is 491. The molecule has 2 aromatic rings. The van der Waals surface area contributed by atoms with Crippen LogP contribution in [0.1, 0.15) is 31.2 Å². The van der Waals surface area contributed by atoms with Crippen LogP contribution in [0, 0.1) is 0 Å². The Kier molecular flexibility index (Phi) is 4.63. The molecule has 2 rings (SSSR count). The third-order valence-corrected chi connectivity index (χ3v) is 2.97. The van der Waals surface area contributed by atoms with Gasteiger partial charge in [-0.1, -0.05) is 12.1 Å². The van der Waals surface area contributed by atoms with Gasteiger partial charge in [0.2, 0.25) is 0 Å². The monoisotopic (exact) mass is 259 g/mol. The Morgan fingerprint density at radius 1 is 1.21 bits per heavy atom. The maximum absolute atomic E-state index is 5.73. The largest absolute Gasteiger partial charge is 0.491 e. The van der Waals surface area contributed by atoms with Crippen LogP contribution in [-0.2, 0) is 6.42 Å². The topological polar surface area (TPSA) is 34.4 Å². The summed E-state index contributed by atoms with van der Waals surface area (Å²) in [5.41, 5.74) is 1.21. The molecule has 102 valence electrons. The smallest absolute Gasteiger partial charge is 0.120 e. The molecule has 0 spiro atoms. The highest BCUT2D eigenvalue weighted by atomic mass is 16.5. The van der Waals surface area contributed by atoms with Crippen LogP contribution in [0.15, 0.2) is 47.1 Å². The van der Waals surface area contributed by atoms with Crippen molar-refractivity contribution < 1.29 is 9.15 Å². The van der Waals surface area contributed by atoms with E-state index in [1.807, 2.05) is 45.2 Å². The van der Waals surface area contributed by atoms with Gasteiger partial charge < -0.3 is 14.5 Å². The first kappa shape index (κ1) is 13.7. The van der Waals surface area contributed by atoms with E-state index in [1.165, 1.54) is 5.56 Å². The normalized spacial score (nSPS) is 12.6. The first-order chi connectivity index (χ1) is 9.19. The molecule has 3 heteroatoms. The number of hydrogen-bond acceptors (Lipinski definition) is 3. The molecule has 0 aliphatic rings. The molecule has 3 nitrogen and oxygen atoms in total. The van der Waals surface area contributed by atoms with Gasteiger partial charge in [0.15, 0.2) is 0 Å². The predicted molar refractivity (Wildman–Crippen MR) is 76.4 cm³/mol. The van der Waals surface area contributed by atoms with Crippen LogP contribution in [0.4, 0.5) is 0 Å². The van der Waals surface area contributed by atoms with Crippen molar-refractivity contribution in [2.75, 3.05) is 7.05 Å². The SMILES string of the molecule is CNC(Cc1ccco1)c1cccc(OC(C)C)c1. The molecule has 1 atom stereocenters. The van der Waals surface area contributed by atoms with Gasteiger partial charge in [0.25, 0.3) is 0 Å². The van der Waals surface area contributed by atoms with E-state index in [9.17, 15) is 0 Å². The molecule has 0 bridgehead atoms. The summed E-state index contributed by atoms with van der Waals surface area (Å²) in [5.74, 6) is 1.89. The molecule has 1 unspecified atom stereocenters. The summed E-state index contributed by atoms with van der Waals surface area (Å²) in [6.07, 6.45) is 2.72. The Morgan fingerprint density at radius 2 is 2.05 bits per heavy atom. The molecule has 1 aromatic heterocycles. The van der Waals surface area contributed by atoms with Gasteiger partial charge >= 0.3 is 0 Å². The van der Waals surface area contributed by atoms with Crippen molar-refractivity contribution in [3.05, 3.63) is 54.0 Å². The standard InChI is InChI=1S/C16H21NO2/c1-12(2)19-15-7-4-6-13(10-15)16(17-3)11-14-8-5-9-18-14/h4-10,12,16-17H,11H2,1-3H3. The Balaban J connectivity index is 2.13. The van der Waals surface area contributed by atoms with Crippen molar-refractivity contribution in [2.24, 2.45) is 0 Å². The zero-order valence-corrected chi connectivity index (χ0v) is 11.7. The highest BCUT2D eigenvalue weighted by molar-refractivity contribution is 5.31. The van der Waals surface area contributed by atoms with Crippen molar-refractivity contribution in [2.45, 2.75) is 32.4 Å². The van der Waals surface area contributed by atoms with E-state index < -0.39 is 0 Å². The number of nitrogens with one attached hydrogen (secondary N) is 1. The Labute approximate surface area is 114 Å². The minimum atomic E-state index is 0.188. The van der Waals surface area contributed by atoms with Crippen LogP contribution in [0.25, 0.3) is 0 Å². The van der Waals surface area contributed by atoms with Crippen molar-refractivity contribution in [3.63, 3.8) is 0 Å². The van der Waals surface area contributed by atoms with Crippen molar-refractivity contribution >= 4 is 0 Å². The average molecular weight is 259 g/mol. The molecule has 0 fully saturated rings. The van der Waals surface area contributed by atoms with Gasteiger partial charge in [0.05, 0.1) is 12.4 Å². The number of furan rings is 1. The van der Waals surface area contributed by atoms with E-state index in [0.29, 0.717) is 0 Å². The van der Waals surface area contributed by atoms with Gasteiger partial charge in [-0.3, -0.25) is 0 Å². The Hall–Kier alpha value is -1.74. The summed E-state index contributed by atoms with van der Waals surface area (Å²) < 4.78 is 11.1. The summed E-state index contributed by atoms with van der Waals surface area (Å²) in [5, 5.41) is 3.32. The third-order valence-electron chi connectivity index (χ3n) is 2.97. The molecule has 0 amide bonds. The molecule has 0 saturated carbocycles. The van der Waals surface area contributed by atoms with Gasteiger partial charge in [-0.05, 0) is 50.7 Å². The van der Waals surface area contributed by atoms with Crippen LogP contribution < -0.4 is 10.1 Å². The molecule has 0 aliphatic heterocycles. The van der Waals surface area contributed by atoms with E-state index >= 15 is 0 Å². The summed E-state index contributed by atoms with van der Waals surface area (Å²) in [6.45, 7) is 4.07.